The first-order chi connectivity index (χ1) is 16.9. The van der Waals surface area contributed by atoms with Gasteiger partial charge in [-0.15, -0.1) is 0 Å². The lowest BCUT2D eigenvalue weighted by atomic mass is 9.97. The molecule has 0 radical (unpaired) electrons. The van der Waals surface area contributed by atoms with Gasteiger partial charge in [0.05, 0.1) is 16.8 Å². The van der Waals surface area contributed by atoms with Crippen LogP contribution in [0.25, 0.3) is 21.9 Å². The van der Waals surface area contributed by atoms with Crippen LogP contribution in [0.1, 0.15) is 30.7 Å². The predicted octanol–water partition coefficient (Wildman–Crippen LogP) is 4.61. The zero-order chi connectivity index (χ0) is 24.5. The molecular weight excluding hydrogens is 445 g/mol. The van der Waals surface area contributed by atoms with Crippen LogP contribution in [0, 0.1) is 5.82 Å². The standard InChI is InChI=1S/C27H24FN5O2/c1-15(2)29-27(35)31-25-14-18-9-8-17(13-23(18)30-25)21-11-16(7-10-22(21)28)12-24-19-5-3-4-6-20(19)26(34)33-32-24/h3-11,13,15H,12,14H2,1-2H3,(H,33,34)(H2,29,30,31,35). The minimum Gasteiger partial charge on any atom is -0.336 e. The zero-order valence-corrected chi connectivity index (χ0v) is 19.4. The van der Waals surface area contributed by atoms with Crippen LogP contribution in [0.15, 0.2) is 70.5 Å². The molecule has 0 aliphatic carbocycles. The summed E-state index contributed by atoms with van der Waals surface area (Å²) < 4.78 is 14.9. The van der Waals surface area contributed by atoms with E-state index in [1.54, 1.807) is 18.2 Å². The van der Waals surface area contributed by atoms with Crippen LogP contribution in [0.2, 0.25) is 0 Å². The Balaban J connectivity index is 1.43. The molecule has 1 aliphatic rings. The molecule has 7 nitrogen and oxygen atoms in total. The number of aromatic nitrogens is 2. The summed E-state index contributed by atoms with van der Waals surface area (Å²) in [6.45, 7) is 3.77. The number of carbonyl (C=O) groups is 1. The number of carbonyl (C=O) groups excluding carboxylic acids is 1. The molecule has 2 amide bonds. The van der Waals surface area contributed by atoms with Crippen molar-refractivity contribution in [3.05, 3.63) is 93.7 Å². The molecule has 0 unspecified atom stereocenters. The van der Waals surface area contributed by atoms with Crippen LogP contribution in [0.4, 0.5) is 14.9 Å². The number of halogens is 1. The average molecular weight is 470 g/mol. The van der Waals surface area contributed by atoms with Gasteiger partial charge in [0.15, 0.2) is 0 Å². The van der Waals surface area contributed by atoms with Crippen LogP contribution < -0.4 is 16.2 Å². The van der Waals surface area contributed by atoms with Crippen molar-refractivity contribution in [1.29, 1.82) is 0 Å². The topological polar surface area (TPSA) is 99.2 Å². The van der Waals surface area contributed by atoms with Crippen LogP contribution in [-0.4, -0.2) is 28.1 Å². The Morgan fingerprint density at radius 3 is 2.69 bits per heavy atom. The van der Waals surface area contributed by atoms with Crippen molar-refractivity contribution in [1.82, 2.24) is 20.8 Å². The molecule has 1 aliphatic heterocycles. The first-order valence-corrected chi connectivity index (χ1v) is 11.4. The number of urea groups is 1. The second kappa shape index (κ2) is 9.13. The van der Waals surface area contributed by atoms with E-state index in [0.29, 0.717) is 46.6 Å². The molecule has 8 heteroatoms. The molecule has 176 valence electrons. The van der Waals surface area contributed by atoms with E-state index in [1.165, 1.54) is 6.07 Å². The van der Waals surface area contributed by atoms with Gasteiger partial charge in [-0.25, -0.2) is 19.3 Å². The summed E-state index contributed by atoms with van der Waals surface area (Å²) in [4.78, 5) is 28.6. The smallest absolute Gasteiger partial charge is 0.320 e. The number of aliphatic imine (C=N–C) groups is 1. The van der Waals surface area contributed by atoms with Gasteiger partial charge in [0.2, 0.25) is 0 Å². The van der Waals surface area contributed by atoms with Crippen molar-refractivity contribution in [2.75, 3.05) is 0 Å². The van der Waals surface area contributed by atoms with E-state index in [1.807, 2.05) is 50.2 Å². The summed E-state index contributed by atoms with van der Waals surface area (Å²) >= 11 is 0. The Bertz CT molecular complexity index is 1540. The van der Waals surface area contributed by atoms with E-state index in [0.717, 1.165) is 16.5 Å². The van der Waals surface area contributed by atoms with Crippen molar-refractivity contribution in [2.24, 2.45) is 4.99 Å². The number of amidine groups is 1. The minimum atomic E-state index is -0.343. The monoisotopic (exact) mass is 469 g/mol. The van der Waals surface area contributed by atoms with E-state index in [4.69, 9.17) is 0 Å². The number of fused-ring (bicyclic) bond motifs is 2. The number of hydrogen-bond donors (Lipinski definition) is 3. The van der Waals surface area contributed by atoms with Gasteiger partial charge >= 0.3 is 6.03 Å². The average Bonchev–Trinajstić information content (AvgIpc) is 3.23. The highest BCUT2D eigenvalue weighted by molar-refractivity contribution is 6.02. The molecule has 0 fully saturated rings. The van der Waals surface area contributed by atoms with Gasteiger partial charge in [0.25, 0.3) is 5.56 Å². The van der Waals surface area contributed by atoms with Crippen molar-refractivity contribution < 1.29 is 9.18 Å². The highest BCUT2D eigenvalue weighted by Crippen LogP contribution is 2.33. The Kier molecular flexibility index (Phi) is 5.86. The molecule has 0 bridgehead atoms. The van der Waals surface area contributed by atoms with Crippen LogP contribution in [-0.2, 0) is 12.8 Å². The van der Waals surface area contributed by atoms with E-state index < -0.39 is 0 Å². The third-order valence-electron chi connectivity index (χ3n) is 5.86. The number of H-pyrrole nitrogens is 1. The fourth-order valence-corrected chi connectivity index (χ4v) is 4.25. The van der Waals surface area contributed by atoms with Gasteiger partial charge in [-0.1, -0.05) is 36.4 Å². The maximum Gasteiger partial charge on any atom is 0.320 e. The van der Waals surface area contributed by atoms with Crippen LogP contribution in [0.5, 0.6) is 0 Å². The minimum absolute atomic E-state index is 0.0190. The molecule has 0 spiro atoms. The predicted molar refractivity (Wildman–Crippen MR) is 135 cm³/mol. The Morgan fingerprint density at radius 1 is 1.09 bits per heavy atom. The number of amides is 2. The van der Waals surface area contributed by atoms with Crippen molar-refractivity contribution >= 4 is 28.3 Å². The molecule has 3 aromatic carbocycles. The number of nitrogens with zero attached hydrogens (tertiary/aromatic N) is 2. The Labute approximate surface area is 201 Å². The van der Waals surface area contributed by atoms with Crippen molar-refractivity contribution in [3.8, 4) is 11.1 Å². The summed E-state index contributed by atoms with van der Waals surface area (Å²) in [5.41, 5.74) is 4.16. The number of nitrogens with one attached hydrogen (secondary N) is 3. The number of rotatable bonds is 4. The molecule has 35 heavy (non-hydrogen) atoms. The normalized spacial score (nSPS) is 12.5. The second-order valence-electron chi connectivity index (χ2n) is 8.87. The third kappa shape index (κ3) is 4.68. The van der Waals surface area contributed by atoms with Gasteiger partial charge in [-0.05, 0) is 54.8 Å². The van der Waals surface area contributed by atoms with Crippen LogP contribution in [0.3, 0.4) is 0 Å². The SMILES string of the molecule is CC(C)NC(=O)NC1=Nc2cc(-c3cc(Cc4n[nH]c(=O)c5ccccc45)ccc3F)ccc2C1. The van der Waals surface area contributed by atoms with Gasteiger partial charge in [0.1, 0.15) is 11.7 Å². The first-order valence-electron chi connectivity index (χ1n) is 11.4. The fourth-order valence-electron chi connectivity index (χ4n) is 4.25. The lowest BCUT2D eigenvalue weighted by Gasteiger charge is -2.10. The number of hydrogen-bond acceptors (Lipinski definition) is 4. The molecule has 5 rings (SSSR count). The number of benzene rings is 3. The lowest BCUT2D eigenvalue weighted by molar-refractivity contribution is 0.243. The molecule has 3 N–H and O–H groups in total. The molecule has 0 saturated carbocycles. The quantitative estimate of drug-likeness (QED) is 0.407. The summed E-state index contributed by atoms with van der Waals surface area (Å²) in [7, 11) is 0. The molecule has 1 aromatic heterocycles. The van der Waals surface area contributed by atoms with E-state index in [2.05, 4.69) is 25.8 Å². The van der Waals surface area contributed by atoms with Gasteiger partial charge in [-0.2, -0.15) is 5.10 Å². The highest BCUT2D eigenvalue weighted by atomic mass is 19.1. The lowest BCUT2D eigenvalue weighted by Crippen LogP contribution is -2.42. The molecule has 4 aromatic rings. The molecule has 0 saturated heterocycles. The number of aromatic amines is 1. The Morgan fingerprint density at radius 2 is 1.89 bits per heavy atom. The Hall–Kier alpha value is -4.33. The van der Waals surface area contributed by atoms with Crippen molar-refractivity contribution in [2.45, 2.75) is 32.7 Å². The third-order valence-corrected chi connectivity index (χ3v) is 5.86. The van der Waals surface area contributed by atoms with E-state index in [-0.39, 0.29) is 23.4 Å². The summed E-state index contributed by atoms with van der Waals surface area (Å²) in [6.07, 6.45) is 0.946. The van der Waals surface area contributed by atoms with E-state index >= 15 is 0 Å². The van der Waals surface area contributed by atoms with E-state index in [9.17, 15) is 14.0 Å². The maximum absolute atomic E-state index is 14.9. The second-order valence-corrected chi connectivity index (χ2v) is 8.87. The maximum atomic E-state index is 14.9. The fraction of sp³-hybridized carbons (Fsp3) is 0.185. The highest BCUT2D eigenvalue weighted by Gasteiger charge is 2.19. The first kappa shape index (κ1) is 22.5. The van der Waals surface area contributed by atoms with Gasteiger partial charge in [0, 0.05) is 29.8 Å². The zero-order valence-electron chi connectivity index (χ0n) is 19.4. The summed E-state index contributed by atoms with van der Waals surface area (Å²) in [5.74, 6) is 0.213. The largest absolute Gasteiger partial charge is 0.336 e. The van der Waals surface area contributed by atoms with Gasteiger partial charge in [-0.3, -0.25) is 10.1 Å². The van der Waals surface area contributed by atoms with Crippen molar-refractivity contribution in [3.63, 3.8) is 0 Å². The van der Waals surface area contributed by atoms with Crippen LogP contribution >= 0.6 is 0 Å². The molecule has 0 atom stereocenters. The summed E-state index contributed by atoms with van der Waals surface area (Å²) in [6, 6.07) is 17.6. The van der Waals surface area contributed by atoms with Gasteiger partial charge < -0.3 is 5.32 Å². The summed E-state index contributed by atoms with van der Waals surface area (Å²) in [5, 5.41) is 13.7. The molecular formula is C27H24FN5O2. The molecule has 2 heterocycles.